The number of ether oxygens (including phenoxy) is 1. The van der Waals surface area contributed by atoms with E-state index in [9.17, 15) is 4.79 Å². The fourth-order valence-electron chi connectivity index (χ4n) is 3.60. The van der Waals surface area contributed by atoms with Crippen molar-refractivity contribution < 1.29 is 9.53 Å². The van der Waals surface area contributed by atoms with Crippen molar-refractivity contribution in [3.8, 4) is 10.6 Å². The van der Waals surface area contributed by atoms with Gasteiger partial charge in [-0.2, -0.15) is 0 Å². The number of aromatic nitrogens is 1. The molecule has 1 saturated heterocycles. The average Bonchev–Trinajstić information content (AvgIpc) is 3.08. The molecule has 3 aromatic rings. The van der Waals surface area contributed by atoms with Gasteiger partial charge in [0.05, 0.1) is 34.9 Å². The molecule has 0 spiro atoms. The Morgan fingerprint density at radius 1 is 1.17 bits per heavy atom. The van der Waals surface area contributed by atoms with Gasteiger partial charge in [0.25, 0.3) is 5.91 Å². The fourth-order valence-corrected chi connectivity index (χ4v) is 4.28. The predicted octanol–water partition coefficient (Wildman–Crippen LogP) is 3.34. The lowest BCUT2D eigenvalue weighted by Crippen LogP contribution is -2.30. The van der Waals surface area contributed by atoms with Crippen molar-refractivity contribution in [2.24, 2.45) is 11.8 Å². The second-order valence-electron chi connectivity index (χ2n) is 6.41. The van der Waals surface area contributed by atoms with Crippen LogP contribution in [-0.2, 0) is 4.74 Å². The molecule has 2 aliphatic rings. The van der Waals surface area contributed by atoms with Crippen molar-refractivity contribution >= 4 is 28.1 Å². The average molecular weight is 336 g/mol. The van der Waals surface area contributed by atoms with Gasteiger partial charge in [-0.05, 0) is 23.6 Å². The van der Waals surface area contributed by atoms with E-state index in [1.165, 1.54) is 0 Å². The Labute approximate surface area is 143 Å². The van der Waals surface area contributed by atoms with Gasteiger partial charge in [-0.3, -0.25) is 4.79 Å². The molecule has 1 unspecified atom stereocenters. The summed E-state index contributed by atoms with van der Waals surface area (Å²) in [7, 11) is 0. The maximum Gasteiger partial charge on any atom is 0.252 e. The highest BCUT2D eigenvalue weighted by molar-refractivity contribution is 7.13. The third-order valence-electron chi connectivity index (χ3n) is 4.98. The van der Waals surface area contributed by atoms with E-state index in [0.717, 1.165) is 34.7 Å². The maximum absolute atomic E-state index is 12.9. The Balaban J connectivity index is 1.54. The summed E-state index contributed by atoms with van der Waals surface area (Å²) in [4.78, 5) is 18.7. The van der Waals surface area contributed by atoms with Crippen molar-refractivity contribution in [3.05, 3.63) is 53.4 Å². The number of rotatable bonds is 3. The summed E-state index contributed by atoms with van der Waals surface area (Å²) in [5, 5.41) is 6.12. The molecule has 3 heterocycles. The molecule has 1 aromatic carbocycles. The van der Waals surface area contributed by atoms with E-state index < -0.39 is 0 Å². The van der Waals surface area contributed by atoms with Crippen LogP contribution in [0.2, 0.25) is 0 Å². The van der Waals surface area contributed by atoms with Crippen molar-refractivity contribution in [2.75, 3.05) is 13.2 Å². The monoisotopic (exact) mass is 336 g/mol. The Bertz CT molecular complexity index is 912. The number of nitrogens with one attached hydrogen (secondary N) is 1. The number of carbonyl (C=O) groups excluding carboxylic acids is 1. The van der Waals surface area contributed by atoms with Crippen molar-refractivity contribution in [3.63, 3.8) is 0 Å². The Hall–Kier alpha value is -2.24. The first kappa shape index (κ1) is 14.1. The highest BCUT2D eigenvalue weighted by Gasteiger charge is 2.54. The van der Waals surface area contributed by atoms with Crippen LogP contribution in [0.5, 0.6) is 0 Å². The first-order valence-electron chi connectivity index (χ1n) is 8.13. The van der Waals surface area contributed by atoms with Crippen LogP contribution in [0.3, 0.4) is 0 Å². The zero-order valence-corrected chi connectivity index (χ0v) is 13.8. The van der Waals surface area contributed by atoms with Crippen molar-refractivity contribution in [1.29, 1.82) is 0 Å². The second-order valence-corrected chi connectivity index (χ2v) is 7.36. The summed E-state index contributed by atoms with van der Waals surface area (Å²) in [5.41, 5.74) is 2.41. The molecule has 3 atom stereocenters. The molecule has 0 radical (unpaired) electrons. The second kappa shape index (κ2) is 5.40. The number of benzene rings is 1. The molecule has 1 N–H and O–H groups in total. The smallest absolute Gasteiger partial charge is 0.252 e. The molecule has 4 nitrogen and oxygen atoms in total. The first-order chi connectivity index (χ1) is 11.8. The van der Waals surface area contributed by atoms with E-state index >= 15 is 0 Å². The molecule has 2 aromatic heterocycles. The summed E-state index contributed by atoms with van der Waals surface area (Å²) in [5.74, 6) is 0.989. The largest absolute Gasteiger partial charge is 0.381 e. The summed E-state index contributed by atoms with van der Waals surface area (Å²) >= 11 is 1.63. The van der Waals surface area contributed by atoms with Gasteiger partial charge in [0.15, 0.2) is 0 Å². The van der Waals surface area contributed by atoms with E-state index in [2.05, 4.69) is 5.32 Å². The van der Waals surface area contributed by atoms with Gasteiger partial charge in [0.2, 0.25) is 0 Å². The van der Waals surface area contributed by atoms with Gasteiger partial charge >= 0.3 is 0 Å². The summed E-state index contributed by atoms with van der Waals surface area (Å²) in [6.07, 6.45) is 0. The number of carbonyl (C=O) groups is 1. The predicted molar refractivity (Wildman–Crippen MR) is 94.1 cm³/mol. The molecule has 2 fully saturated rings. The Morgan fingerprint density at radius 3 is 2.79 bits per heavy atom. The number of hydrogen-bond acceptors (Lipinski definition) is 4. The zero-order chi connectivity index (χ0) is 16.1. The zero-order valence-electron chi connectivity index (χ0n) is 12.9. The topological polar surface area (TPSA) is 51.2 Å². The minimum atomic E-state index is -0.00851. The van der Waals surface area contributed by atoms with Gasteiger partial charge in [-0.1, -0.05) is 24.3 Å². The van der Waals surface area contributed by atoms with Crippen LogP contribution in [0.15, 0.2) is 47.8 Å². The number of para-hydroxylation sites is 1. The van der Waals surface area contributed by atoms with Crippen molar-refractivity contribution in [1.82, 2.24) is 10.3 Å². The van der Waals surface area contributed by atoms with Crippen LogP contribution in [-0.4, -0.2) is 30.1 Å². The third kappa shape index (κ3) is 2.24. The van der Waals surface area contributed by atoms with Crippen molar-refractivity contribution in [2.45, 2.75) is 6.04 Å². The van der Waals surface area contributed by atoms with Gasteiger partial charge in [-0.15, -0.1) is 11.3 Å². The normalized spacial score (nSPS) is 24.8. The molecular formula is C19H16N2O2S. The van der Waals surface area contributed by atoms with Crippen LogP contribution in [0.1, 0.15) is 10.4 Å². The number of nitrogens with zero attached hydrogens (tertiary/aromatic N) is 1. The van der Waals surface area contributed by atoms with E-state index in [-0.39, 0.29) is 11.9 Å². The van der Waals surface area contributed by atoms with Gasteiger partial charge in [0, 0.05) is 23.3 Å². The number of thiophene rings is 1. The van der Waals surface area contributed by atoms with Crippen LogP contribution in [0.25, 0.3) is 21.5 Å². The van der Waals surface area contributed by atoms with Crippen LogP contribution >= 0.6 is 11.3 Å². The molecule has 120 valence electrons. The third-order valence-corrected chi connectivity index (χ3v) is 5.88. The van der Waals surface area contributed by atoms with Gasteiger partial charge in [0.1, 0.15) is 0 Å². The maximum atomic E-state index is 12.9. The number of fused-ring (bicyclic) bond motifs is 2. The minimum Gasteiger partial charge on any atom is -0.381 e. The minimum absolute atomic E-state index is 0.00851. The lowest BCUT2D eigenvalue weighted by atomic mass is 10.1. The first-order valence-corrected chi connectivity index (χ1v) is 9.01. The lowest BCUT2D eigenvalue weighted by molar-refractivity contribution is 0.0930. The Morgan fingerprint density at radius 2 is 2.00 bits per heavy atom. The molecule has 5 rings (SSSR count). The summed E-state index contributed by atoms with van der Waals surface area (Å²) < 4.78 is 5.40. The van der Waals surface area contributed by atoms with Gasteiger partial charge in [-0.25, -0.2) is 4.98 Å². The lowest BCUT2D eigenvalue weighted by Gasteiger charge is -2.11. The molecule has 1 aliphatic carbocycles. The molecule has 24 heavy (non-hydrogen) atoms. The standard InChI is InChI=1S/C19H16N2O2S/c22-19(21-18-13-9-23-10-14(13)18)12-8-16(17-6-3-7-24-17)20-15-5-2-1-4-11(12)15/h1-8,13-14,18H,9-10H2,(H,21,22)/t13-,14+,18?. The number of hydrogen-bond donors (Lipinski definition) is 1. The molecular weight excluding hydrogens is 320 g/mol. The van der Waals surface area contributed by atoms with Crippen LogP contribution < -0.4 is 5.32 Å². The SMILES string of the molecule is O=C(NC1[C@H]2COC[C@@H]12)c1cc(-c2cccs2)nc2ccccc12. The molecule has 1 aliphatic heterocycles. The molecule has 1 saturated carbocycles. The summed E-state index contributed by atoms with van der Waals surface area (Å²) in [6, 6.07) is 14.0. The van der Waals surface area contributed by atoms with Crippen LogP contribution in [0.4, 0.5) is 0 Å². The quantitative estimate of drug-likeness (QED) is 0.798. The molecule has 5 heteroatoms. The highest BCUT2D eigenvalue weighted by atomic mass is 32.1. The molecule has 1 amide bonds. The summed E-state index contributed by atoms with van der Waals surface area (Å²) in [6.45, 7) is 1.54. The van der Waals surface area contributed by atoms with Gasteiger partial charge < -0.3 is 10.1 Å². The van der Waals surface area contributed by atoms with E-state index in [4.69, 9.17) is 9.72 Å². The van der Waals surface area contributed by atoms with E-state index in [1.54, 1.807) is 11.3 Å². The van der Waals surface area contributed by atoms with Crippen LogP contribution in [0, 0.1) is 11.8 Å². The highest BCUT2D eigenvalue weighted by Crippen LogP contribution is 2.44. The number of amides is 1. The van der Waals surface area contributed by atoms with E-state index in [1.807, 2.05) is 47.8 Å². The number of pyridine rings is 1. The Kier molecular flexibility index (Phi) is 3.18. The van der Waals surface area contributed by atoms with E-state index in [0.29, 0.717) is 17.4 Å². The molecule has 0 bridgehead atoms. The fraction of sp³-hybridized carbons (Fsp3) is 0.263.